The van der Waals surface area contributed by atoms with Gasteiger partial charge in [0.1, 0.15) is 12.7 Å². The van der Waals surface area contributed by atoms with Gasteiger partial charge >= 0.3 is 0 Å². The van der Waals surface area contributed by atoms with Crippen molar-refractivity contribution >= 4 is 11.9 Å². The molecule has 9 heteroatoms. The molecule has 3 rings (SSSR count). The summed E-state index contributed by atoms with van der Waals surface area (Å²) in [6, 6.07) is 0. The van der Waals surface area contributed by atoms with E-state index < -0.39 is 0 Å². The quantitative estimate of drug-likeness (QED) is 0.769. The number of aliphatic hydroxyl groups excluding tert-OH is 1. The maximum Gasteiger partial charge on any atom is 0.258 e. The van der Waals surface area contributed by atoms with Crippen LogP contribution in [0.1, 0.15) is 12.8 Å². The van der Waals surface area contributed by atoms with Gasteiger partial charge in [0.05, 0.1) is 6.10 Å². The lowest BCUT2D eigenvalue weighted by atomic mass is 10.1. The Morgan fingerprint density at radius 3 is 2.60 bits per heavy atom. The normalized spacial score (nSPS) is 16.4. The minimum Gasteiger partial charge on any atom is -0.393 e. The van der Waals surface area contributed by atoms with Crippen LogP contribution in [-0.4, -0.2) is 61.1 Å². The van der Waals surface area contributed by atoms with Gasteiger partial charge in [0.2, 0.25) is 11.9 Å². The second kappa shape index (κ2) is 5.37. The van der Waals surface area contributed by atoms with Gasteiger partial charge in [-0.1, -0.05) is 0 Å². The Kier molecular flexibility index (Phi) is 3.42. The summed E-state index contributed by atoms with van der Waals surface area (Å²) in [5, 5.41) is 16.5. The Morgan fingerprint density at radius 1 is 1.20 bits per heavy atom. The molecule has 0 spiro atoms. The van der Waals surface area contributed by atoms with E-state index in [0.29, 0.717) is 17.8 Å². The lowest BCUT2D eigenvalue weighted by Gasteiger charge is -2.29. The first kappa shape index (κ1) is 12.7. The minimum atomic E-state index is -0.230. The van der Waals surface area contributed by atoms with Gasteiger partial charge in [-0.25, -0.2) is 4.98 Å². The van der Waals surface area contributed by atoms with Crippen LogP contribution in [-0.2, 0) is 0 Å². The smallest absolute Gasteiger partial charge is 0.258 e. The van der Waals surface area contributed by atoms with Crippen LogP contribution in [0.5, 0.6) is 0 Å². The van der Waals surface area contributed by atoms with Crippen LogP contribution in [0.25, 0.3) is 5.95 Å². The van der Waals surface area contributed by atoms with E-state index in [-0.39, 0.29) is 6.10 Å². The van der Waals surface area contributed by atoms with Crippen molar-refractivity contribution in [2.24, 2.45) is 0 Å². The zero-order valence-electron chi connectivity index (χ0n) is 11.1. The van der Waals surface area contributed by atoms with E-state index in [9.17, 15) is 5.11 Å². The summed E-state index contributed by atoms with van der Waals surface area (Å²) < 4.78 is 1.49. The number of hydrogen-bond acceptors (Lipinski definition) is 8. The number of aromatic nitrogens is 6. The van der Waals surface area contributed by atoms with E-state index in [1.165, 1.54) is 11.0 Å². The molecule has 1 saturated heterocycles. The number of piperidine rings is 1. The summed E-state index contributed by atoms with van der Waals surface area (Å²) in [4.78, 5) is 19.0. The Labute approximate surface area is 115 Å². The van der Waals surface area contributed by atoms with Gasteiger partial charge < -0.3 is 15.3 Å². The van der Waals surface area contributed by atoms with Gasteiger partial charge in [0, 0.05) is 20.1 Å². The highest BCUT2D eigenvalue weighted by atomic mass is 16.3. The summed E-state index contributed by atoms with van der Waals surface area (Å²) in [6.45, 7) is 1.45. The van der Waals surface area contributed by atoms with Gasteiger partial charge in [-0.3, -0.25) is 0 Å². The number of hydrogen-bond donors (Lipinski definition) is 2. The fraction of sp³-hybridized carbons (Fsp3) is 0.545. The first-order valence-electron chi connectivity index (χ1n) is 6.48. The molecule has 0 aliphatic carbocycles. The van der Waals surface area contributed by atoms with Crippen LogP contribution >= 0.6 is 0 Å². The molecule has 1 aliphatic rings. The summed E-state index contributed by atoms with van der Waals surface area (Å²) in [5.41, 5.74) is 0. The second-order valence-corrected chi connectivity index (χ2v) is 4.57. The molecule has 2 aromatic heterocycles. The molecule has 0 bridgehead atoms. The van der Waals surface area contributed by atoms with Crippen molar-refractivity contribution in [3.63, 3.8) is 0 Å². The van der Waals surface area contributed by atoms with Crippen molar-refractivity contribution in [3.8, 4) is 5.95 Å². The molecule has 0 aromatic carbocycles. The van der Waals surface area contributed by atoms with Crippen molar-refractivity contribution in [3.05, 3.63) is 12.7 Å². The van der Waals surface area contributed by atoms with Gasteiger partial charge in [0.15, 0.2) is 0 Å². The molecular formula is C11H16N8O. The maximum absolute atomic E-state index is 9.56. The van der Waals surface area contributed by atoms with Crippen molar-refractivity contribution in [2.45, 2.75) is 18.9 Å². The number of anilines is 2. The zero-order chi connectivity index (χ0) is 13.9. The molecule has 2 aromatic rings. The third kappa shape index (κ3) is 2.52. The van der Waals surface area contributed by atoms with E-state index in [4.69, 9.17) is 0 Å². The third-order valence-corrected chi connectivity index (χ3v) is 3.21. The fourth-order valence-electron chi connectivity index (χ4n) is 2.09. The van der Waals surface area contributed by atoms with Crippen molar-refractivity contribution in [1.29, 1.82) is 0 Å². The molecule has 0 unspecified atom stereocenters. The van der Waals surface area contributed by atoms with Crippen molar-refractivity contribution in [1.82, 2.24) is 29.7 Å². The molecular weight excluding hydrogens is 260 g/mol. The topological polar surface area (TPSA) is 105 Å². The molecule has 0 atom stereocenters. The Hall–Kier alpha value is -2.29. The largest absolute Gasteiger partial charge is 0.393 e. The molecule has 9 nitrogen and oxygen atoms in total. The first-order valence-corrected chi connectivity index (χ1v) is 6.48. The van der Waals surface area contributed by atoms with E-state index in [2.05, 4.69) is 30.4 Å². The van der Waals surface area contributed by atoms with Gasteiger partial charge in [-0.15, -0.1) is 0 Å². The summed E-state index contributed by atoms with van der Waals surface area (Å²) in [7, 11) is 1.75. The molecule has 0 amide bonds. The van der Waals surface area contributed by atoms with Crippen LogP contribution in [0, 0.1) is 0 Å². The highest BCUT2D eigenvalue weighted by Crippen LogP contribution is 2.18. The average Bonchev–Trinajstić information content (AvgIpc) is 3.02. The highest BCUT2D eigenvalue weighted by molar-refractivity contribution is 5.39. The van der Waals surface area contributed by atoms with Crippen LogP contribution in [0.2, 0.25) is 0 Å². The van der Waals surface area contributed by atoms with E-state index >= 15 is 0 Å². The second-order valence-electron chi connectivity index (χ2n) is 4.57. The Morgan fingerprint density at radius 2 is 1.95 bits per heavy atom. The molecule has 2 N–H and O–H groups in total. The Bertz CT molecular complexity index is 564. The van der Waals surface area contributed by atoms with E-state index in [1.807, 2.05) is 4.90 Å². The zero-order valence-corrected chi connectivity index (χ0v) is 11.1. The summed E-state index contributed by atoms with van der Waals surface area (Å²) in [5.74, 6) is 1.48. The van der Waals surface area contributed by atoms with Gasteiger partial charge in [-0.05, 0) is 12.8 Å². The molecule has 0 radical (unpaired) electrons. The van der Waals surface area contributed by atoms with Gasteiger partial charge in [-0.2, -0.15) is 24.7 Å². The molecule has 1 aliphatic heterocycles. The standard InChI is InChI=1S/C11H16N8O/c1-12-9-15-10(18-4-2-8(20)3-5-18)17-11(16-9)19-7-13-6-14-19/h6-8,20H,2-5H2,1H3,(H,12,15,16,17). The van der Waals surface area contributed by atoms with Crippen LogP contribution in [0.15, 0.2) is 12.7 Å². The number of nitrogens with one attached hydrogen (secondary N) is 1. The van der Waals surface area contributed by atoms with Crippen LogP contribution in [0.4, 0.5) is 11.9 Å². The number of rotatable bonds is 3. The maximum atomic E-state index is 9.56. The molecule has 3 heterocycles. The fourth-order valence-corrected chi connectivity index (χ4v) is 2.09. The molecule has 1 fully saturated rings. The lowest BCUT2D eigenvalue weighted by molar-refractivity contribution is 0.145. The molecule has 0 saturated carbocycles. The predicted molar refractivity (Wildman–Crippen MR) is 71.7 cm³/mol. The van der Waals surface area contributed by atoms with E-state index in [0.717, 1.165) is 25.9 Å². The van der Waals surface area contributed by atoms with Crippen molar-refractivity contribution < 1.29 is 5.11 Å². The molecule has 20 heavy (non-hydrogen) atoms. The van der Waals surface area contributed by atoms with Crippen molar-refractivity contribution in [2.75, 3.05) is 30.4 Å². The SMILES string of the molecule is CNc1nc(N2CCC(O)CC2)nc(-n2cncn2)n1. The van der Waals surface area contributed by atoms with E-state index in [1.54, 1.807) is 13.4 Å². The number of aliphatic hydroxyl groups is 1. The summed E-state index contributed by atoms with van der Waals surface area (Å²) >= 11 is 0. The number of nitrogens with zero attached hydrogens (tertiary/aromatic N) is 7. The minimum absolute atomic E-state index is 0.230. The average molecular weight is 276 g/mol. The highest BCUT2D eigenvalue weighted by Gasteiger charge is 2.20. The molecule has 106 valence electrons. The third-order valence-electron chi connectivity index (χ3n) is 3.21. The Balaban J connectivity index is 1.92. The monoisotopic (exact) mass is 276 g/mol. The summed E-state index contributed by atoms with van der Waals surface area (Å²) in [6.07, 6.45) is 4.18. The van der Waals surface area contributed by atoms with Crippen LogP contribution < -0.4 is 10.2 Å². The first-order chi connectivity index (χ1) is 9.76. The van der Waals surface area contributed by atoms with Crippen LogP contribution in [0.3, 0.4) is 0 Å². The van der Waals surface area contributed by atoms with Gasteiger partial charge in [0.25, 0.3) is 5.95 Å². The predicted octanol–water partition coefficient (Wildman–Crippen LogP) is -0.545. The lowest BCUT2D eigenvalue weighted by Crippen LogP contribution is -2.37.